The van der Waals surface area contributed by atoms with Gasteiger partial charge in [0, 0.05) is 16.8 Å². The van der Waals surface area contributed by atoms with Gasteiger partial charge in [-0.25, -0.2) is 0 Å². The average molecular weight is 814 g/mol. The summed E-state index contributed by atoms with van der Waals surface area (Å²) in [5.41, 5.74) is 17.5. The topological polar surface area (TPSA) is 3.24 Å². The molecule has 0 saturated carbocycles. The lowest BCUT2D eigenvalue weighted by molar-refractivity contribution is 0.768. The molecule has 0 atom stereocenters. The highest BCUT2D eigenvalue weighted by Crippen LogP contribution is 2.58. The van der Waals surface area contributed by atoms with Crippen molar-refractivity contribution in [1.82, 2.24) is 0 Å². The summed E-state index contributed by atoms with van der Waals surface area (Å²) in [4.78, 5) is 2.49. The van der Waals surface area contributed by atoms with E-state index in [2.05, 4.69) is 266 Å². The first-order valence-electron chi connectivity index (χ1n) is 22.2. The third-order valence-corrected chi connectivity index (χ3v) is 13.3. The van der Waals surface area contributed by atoms with E-state index in [-0.39, 0.29) is 0 Å². The maximum atomic E-state index is 2.49. The van der Waals surface area contributed by atoms with Crippen molar-refractivity contribution in [3.05, 3.63) is 283 Å². The highest BCUT2D eigenvalue weighted by Gasteiger charge is 2.46. The van der Waals surface area contributed by atoms with E-state index in [4.69, 9.17) is 0 Å². The fourth-order valence-electron chi connectivity index (χ4n) is 10.5. The van der Waals surface area contributed by atoms with Crippen LogP contribution in [0.25, 0.3) is 66.1 Å². The fourth-order valence-corrected chi connectivity index (χ4v) is 10.5. The number of fused-ring (bicyclic) bond motifs is 6. The molecule has 0 saturated heterocycles. The molecule has 0 aliphatic heterocycles. The molecule has 64 heavy (non-hydrogen) atoms. The summed E-state index contributed by atoms with van der Waals surface area (Å²) in [6.07, 6.45) is 0. The van der Waals surface area contributed by atoms with Crippen molar-refractivity contribution in [3.8, 4) is 44.5 Å². The summed E-state index contributed by atoms with van der Waals surface area (Å²) in [6, 6.07) is 96.0. The van der Waals surface area contributed by atoms with Gasteiger partial charge in [0.05, 0.1) is 11.1 Å². The van der Waals surface area contributed by atoms with Crippen LogP contribution in [0.1, 0.15) is 22.3 Å². The molecular formula is C63H43N. The van der Waals surface area contributed by atoms with Crippen LogP contribution in [-0.2, 0) is 5.41 Å². The summed E-state index contributed by atoms with van der Waals surface area (Å²) in [5.74, 6) is 0. The molecule has 1 heteroatoms. The second kappa shape index (κ2) is 15.6. The maximum absolute atomic E-state index is 2.49. The minimum atomic E-state index is -0.587. The summed E-state index contributed by atoms with van der Waals surface area (Å²) >= 11 is 0. The van der Waals surface area contributed by atoms with Gasteiger partial charge < -0.3 is 4.90 Å². The largest absolute Gasteiger partial charge is 0.310 e. The van der Waals surface area contributed by atoms with Crippen LogP contribution in [0.15, 0.2) is 261 Å². The molecule has 0 aromatic heterocycles. The summed E-state index contributed by atoms with van der Waals surface area (Å²) in [6.45, 7) is 0. The maximum Gasteiger partial charge on any atom is 0.0714 e. The highest BCUT2D eigenvalue weighted by molar-refractivity contribution is 6.14. The molecule has 0 N–H and O–H groups in total. The van der Waals surface area contributed by atoms with E-state index < -0.39 is 5.41 Å². The van der Waals surface area contributed by atoms with Crippen LogP contribution in [0.3, 0.4) is 0 Å². The smallest absolute Gasteiger partial charge is 0.0714 e. The number of nitrogens with zero attached hydrogens (tertiary/aromatic N) is 1. The molecule has 11 aromatic rings. The minimum absolute atomic E-state index is 0.587. The normalized spacial score (nSPS) is 12.5. The zero-order valence-corrected chi connectivity index (χ0v) is 35.3. The molecule has 0 spiro atoms. The Hall–Kier alpha value is -8.26. The van der Waals surface area contributed by atoms with E-state index in [1.165, 1.54) is 88.3 Å². The predicted molar refractivity (Wildman–Crippen MR) is 270 cm³/mol. The molecule has 1 nitrogen and oxygen atoms in total. The third kappa shape index (κ3) is 6.08. The molecule has 300 valence electrons. The first kappa shape index (κ1) is 37.5. The van der Waals surface area contributed by atoms with Crippen molar-refractivity contribution >= 4 is 38.6 Å². The van der Waals surface area contributed by atoms with Crippen molar-refractivity contribution in [3.63, 3.8) is 0 Å². The summed E-state index contributed by atoms with van der Waals surface area (Å²) in [5, 5.41) is 4.90. The van der Waals surface area contributed by atoms with Gasteiger partial charge >= 0.3 is 0 Å². The number of rotatable bonds is 8. The standard InChI is InChI=1S/C63H43N/c1-5-19-44(20-6-1)47-35-39-57-58-40-38-52(43-61(58)63(60(57)41-47,49-24-9-3-10-25-49)50-26-11-4-12-27-50)64(62-42-48-23-13-14-30-55(48)56-31-17-18-32-59(56)62)51-36-33-46(34-37-51)54-29-16-15-28-53(54)45-21-7-2-8-22-45/h1-43H. The molecule has 11 aromatic carbocycles. The SMILES string of the molecule is c1ccc(-c2ccc3c(c2)C(c2ccccc2)(c2ccccc2)c2cc(N(c4ccc(-c5ccccc5-c5ccccc5)cc4)c4cc5ccccc5c5ccccc45)ccc2-3)cc1. The molecule has 12 rings (SSSR count). The van der Waals surface area contributed by atoms with Crippen molar-refractivity contribution in [2.75, 3.05) is 4.90 Å². The second-order valence-corrected chi connectivity index (χ2v) is 16.8. The monoisotopic (exact) mass is 813 g/mol. The van der Waals surface area contributed by atoms with E-state index >= 15 is 0 Å². The Labute approximate surface area is 374 Å². The molecule has 1 aliphatic carbocycles. The first-order valence-corrected chi connectivity index (χ1v) is 22.2. The van der Waals surface area contributed by atoms with Crippen LogP contribution in [0.2, 0.25) is 0 Å². The van der Waals surface area contributed by atoms with E-state index in [9.17, 15) is 0 Å². The van der Waals surface area contributed by atoms with Crippen LogP contribution in [0.5, 0.6) is 0 Å². The Morgan fingerprint density at radius 1 is 0.266 bits per heavy atom. The van der Waals surface area contributed by atoms with Gasteiger partial charge in [-0.05, 0) is 119 Å². The average Bonchev–Trinajstić information content (AvgIpc) is 3.67. The lowest BCUT2D eigenvalue weighted by atomic mass is 9.67. The molecule has 0 amide bonds. The van der Waals surface area contributed by atoms with Crippen LogP contribution >= 0.6 is 0 Å². The van der Waals surface area contributed by atoms with Crippen molar-refractivity contribution < 1.29 is 0 Å². The molecular weight excluding hydrogens is 771 g/mol. The van der Waals surface area contributed by atoms with E-state index in [1.807, 2.05) is 0 Å². The lowest BCUT2D eigenvalue weighted by Crippen LogP contribution is -2.28. The first-order chi connectivity index (χ1) is 31.8. The Morgan fingerprint density at radius 2 is 0.719 bits per heavy atom. The second-order valence-electron chi connectivity index (χ2n) is 16.8. The summed E-state index contributed by atoms with van der Waals surface area (Å²) in [7, 11) is 0. The van der Waals surface area contributed by atoms with Crippen molar-refractivity contribution in [2.45, 2.75) is 5.41 Å². The summed E-state index contributed by atoms with van der Waals surface area (Å²) < 4.78 is 0. The van der Waals surface area contributed by atoms with E-state index in [1.54, 1.807) is 0 Å². The van der Waals surface area contributed by atoms with Gasteiger partial charge in [0.2, 0.25) is 0 Å². The number of hydrogen-bond donors (Lipinski definition) is 0. The Balaban J connectivity index is 1.11. The Kier molecular flexibility index (Phi) is 9.13. The van der Waals surface area contributed by atoms with Crippen LogP contribution in [0.4, 0.5) is 17.1 Å². The van der Waals surface area contributed by atoms with Crippen molar-refractivity contribution in [1.29, 1.82) is 0 Å². The third-order valence-electron chi connectivity index (χ3n) is 13.3. The predicted octanol–water partition coefficient (Wildman–Crippen LogP) is 16.8. The van der Waals surface area contributed by atoms with Crippen LogP contribution < -0.4 is 4.90 Å². The van der Waals surface area contributed by atoms with Gasteiger partial charge in [-0.1, -0.05) is 224 Å². The zero-order valence-electron chi connectivity index (χ0n) is 35.3. The molecule has 0 unspecified atom stereocenters. The van der Waals surface area contributed by atoms with Crippen LogP contribution in [-0.4, -0.2) is 0 Å². The molecule has 1 aliphatic rings. The molecule has 0 heterocycles. The van der Waals surface area contributed by atoms with Gasteiger partial charge in [0.1, 0.15) is 0 Å². The van der Waals surface area contributed by atoms with Gasteiger partial charge in [0.15, 0.2) is 0 Å². The molecule has 0 bridgehead atoms. The van der Waals surface area contributed by atoms with Gasteiger partial charge in [-0.3, -0.25) is 0 Å². The number of anilines is 3. The Morgan fingerprint density at radius 3 is 1.36 bits per heavy atom. The highest BCUT2D eigenvalue weighted by atomic mass is 15.1. The zero-order chi connectivity index (χ0) is 42.5. The van der Waals surface area contributed by atoms with E-state index in [0.717, 1.165) is 17.1 Å². The van der Waals surface area contributed by atoms with Gasteiger partial charge in [-0.2, -0.15) is 0 Å². The fraction of sp³-hybridized carbons (Fsp3) is 0.0159. The Bertz CT molecular complexity index is 3430. The van der Waals surface area contributed by atoms with E-state index in [0.29, 0.717) is 0 Å². The van der Waals surface area contributed by atoms with Gasteiger partial charge in [-0.15, -0.1) is 0 Å². The lowest BCUT2D eigenvalue weighted by Gasteiger charge is -2.35. The quantitative estimate of drug-likeness (QED) is 0.138. The number of hydrogen-bond acceptors (Lipinski definition) is 1. The molecule has 0 radical (unpaired) electrons. The van der Waals surface area contributed by atoms with Crippen molar-refractivity contribution in [2.24, 2.45) is 0 Å². The molecule has 0 fully saturated rings. The number of benzene rings is 11. The van der Waals surface area contributed by atoms with Gasteiger partial charge in [0.25, 0.3) is 0 Å². The van der Waals surface area contributed by atoms with Crippen LogP contribution in [0, 0.1) is 0 Å². The minimum Gasteiger partial charge on any atom is -0.310 e.